The van der Waals surface area contributed by atoms with Gasteiger partial charge in [0.2, 0.25) is 0 Å². The molecule has 0 radical (unpaired) electrons. The average Bonchev–Trinajstić information content (AvgIpc) is 2.46. The molecule has 0 aliphatic heterocycles. The zero-order valence-electron chi connectivity index (χ0n) is 11.0. The Morgan fingerprint density at radius 1 is 1.32 bits per heavy atom. The second kappa shape index (κ2) is 10.4. The minimum Gasteiger partial charge on any atom is -0.391 e. The summed E-state index contributed by atoms with van der Waals surface area (Å²) in [4.78, 5) is 5.26. The molecule has 0 fully saturated rings. The van der Waals surface area contributed by atoms with Crippen molar-refractivity contribution in [3.8, 4) is 6.07 Å². The van der Waals surface area contributed by atoms with Crippen molar-refractivity contribution in [3.63, 3.8) is 0 Å². The standard InChI is InChI=1S/C15H19ClN2O/c16-10-4-8-14(9-5-11-17)12-18-19-13-15-6-2-1-3-7-15/h1-3,6-7,12,14H,4-5,8-10,13H2/b18-12-. The van der Waals surface area contributed by atoms with Crippen LogP contribution in [-0.4, -0.2) is 12.1 Å². The van der Waals surface area contributed by atoms with Gasteiger partial charge in [-0.25, -0.2) is 0 Å². The van der Waals surface area contributed by atoms with Gasteiger partial charge in [-0.1, -0.05) is 35.5 Å². The van der Waals surface area contributed by atoms with E-state index in [1.807, 2.05) is 30.3 Å². The molecule has 1 unspecified atom stereocenters. The highest BCUT2D eigenvalue weighted by Crippen LogP contribution is 2.12. The van der Waals surface area contributed by atoms with Crippen LogP contribution < -0.4 is 0 Å². The quantitative estimate of drug-likeness (QED) is 0.387. The molecule has 0 aliphatic carbocycles. The Labute approximate surface area is 119 Å². The Hall–Kier alpha value is -1.53. The molecule has 102 valence electrons. The predicted octanol–water partition coefficient (Wildman–Crippen LogP) is 4.13. The fourth-order valence-corrected chi connectivity index (χ4v) is 1.85. The van der Waals surface area contributed by atoms with Crippen LogP contribution in [0.5, 0.6) is 0 Å². The van der Waals surface area contributed by atoms with Gasteiger partial charge in [-0.15, -0.1) is 11.6 Å². The molecule has 19 heavy (non-hydrogen) atoms. The minimum absolute atomic E-state index is 0.272. The first-order valence-corrected chi connectivity index (χ1v) is 7.02. The maximum atomic E-state index is 8.61. The molecule has 0 saturated heterocycles. The highest BCUT2D eigenvalue weighted by molar-refractivity contribution is 6.17. The van der Waals surface area contributed by atoms with Crippen molar-refractivity contribution >= 4 is 17.8 Å². The third-order valence-electron chi connectivity index (χ3n) is 2.76. The summed E-state index contributed by atoms with van der Waals surface area (Å²) in [7, 11) is 0. The van der Waals surface area contributed by atoms with E-state index in [2.05, 4.69) is 11.2 Å². The van der Waals surface area contributed by atoms with E-state index in [-0.39, 0.29) is 5.92 Å². The number of rotatable bonds is 9. The van der Waals surface area contributed by atoms with Crippen LogP contribution in [0, 0.1) is 17.2 Å². The lowest BCUT2D eigenvalue weighted by atomic mass is 10.00. The number of halogens is 1. The van der Waals surface area contributed by atoms with Crippen LogP contribution in [0.1, 0.15) is 31.2 Å². The molecule has 0 amide bonds. The van der Waals surface area contributed by atoms with Gasteiger partial charge in [0, 0.05) is 18.5 Å². The fourth-order valence-electron chi connectivity index (χ4n) is 1.70. The topological polar surface area (TPSA) is 45.4 Å². The van der Waals surface area contributed by atoms with Crippen molar-refractivity contribution in [2.45, 2.75) is 32.3 Å². The fraction of sp³-hybridized carbons (Fsp3) is 0.467. The van der Waals surface area contributed by atoms with Crippen molar-refractivity contribution in [3.05, 3.63) is 35.9 Å². The van der Waals surface area contributed by atoms with E-state index in [1.54, 1.807) is 6.21 Å². The van der Waals surface area contributed by atoms with Gasteiger partial charge in [-0.3, -0.25) is 0 Å². The van der Waals surface area contributed by atoms with E-state index in [1.165, 1.54) is 0 Å². The van der Waals surface area contributed by atoms with E-state index in [4.69, 9.17) is 21.7 Å². The highest BCUT2D eigenvalue weighted by Gasteiger charge is 2.05. The Kier molecular flexibility index (Phi) is 8.50. The van der Waals surface area contributed by atoms with Crippen LogP contribution in [0.4, 0.5) is 0 Å². The summed E-state index contributed by atoms with van der Waals surface area (Å²) in [6, 6.07) is 12.1. The van der Waals surface area contributed by atoms with E-state index in [0.29, 0.717) is 18.9 Å². The van der Waals surface area contributed by atoms with Gasteiger partial charge >= 0.3 is 0 Å². The molecule has 0 spiro atoms. The Bertz CT molecular complexity index is 400. The Balaban J connectivity index is 2.31. The van der Waals surface area contributed by atoms with Crippen molar-refractivity contribution in [2.75, 3.05) is 5.88 Å². The molecule has 1 aromatic carbocycles. The van der Waals surface area contributed by atoms with Crippen LogP contribution in [0.15, 0.2) is 35.5 Å². The number of nitriles is 1. The molecule has 0 bridgehead atoms. The predicted molar refractivity (Wildman–Crippen MR) is 78.0 cm³/mol. The first kappa shape index (κ1) is 15.5. The summed E-state index contributed by atoms with van der Waals surface area (Å²) in [5.74, 6) is 0.913. The maximum absolute atomic E-state index is 8.61. The zero-order valence-corrected chi connectivity index (χ0v) is 11.7. The molecular weight excluding hydrogens is 260 g/mol. The molecule has 1 aromatic rings. The minimum atomic E-state index is 0.272. The molecule has 0 aliphatic rings. The van der Waals surface area contributed by atoms with Gasteiger partial charge in [0.1, 0.15) is 6.61 Å². The zero-order chi connectivity index (χ0) is 13.8. The number of benzene rings is 1. The number of hydrogen-bond donors (Lipinski definition) is 0. The van der Waals surface area contributed by atoms with Crippen LogP contribution in [0.3, 0.4) is 0 Å². The third-order valence-corrected chi connectivity index (χ3v) is 3.02. The summed E-state index contributed by atoms with van der Waals surface area (Å²) in [5.41, 5.74) is 1.09. The van der Waals surface area contributed by atoms with E-state index >= 15 is 0 Å². The van der Waals surface area contributed by atoms with Gasteiger partial charge < -0.3 is 4.84 Å². The molecule has 0 heterocycles. The van der Waals surface area contributed by atoms with Crippen LogP contribution in [0.2, 0.25) is 0 Å². The summed E-state index contributed by atoms with van der Waals surface area (Å²) in [5, 5.41) is 12.6. The second-order valence-corrected chi connectivity index (χ2v) is 4.68. The van der Waals surface area contributed by atoms with E-state index < -0.39 is 0 Å². The number of hydrogen-bond acceptors (Lipinski definition) is 3. The van der Waals surface area contributed by atoms with Gasteiger partial charge in [0.25, 0.3) is 0 Å². The second-order valence-electron chi connectivity index (χ2n) is 4.30. The van der Waals surface area contributed by atoms with Gasteiger partial charge in [0.05, 0.1) is 6.07 Å². The normalized spacial score (nSPS) is 12.2. The Morgan fingerprint density at radius 2 is 2.11 bits per heavy atom. The molecular formula is C15H19ClN2O. The van der Waals surface area contributed by atoms with Crippen molar-refractivity contribution in [1.82, 2.24) is 0 Å². The third kappa shape index (κ3) is 7.48. The van der Waals surface area contributed by atoms with E-state index in [0.717, 1.165) is 24.8 Å². The van der Waals surface area contributed by atoms with E-state index in [9.17, 15) is 0 Å². The van der Waals surface area contributed by atoms with Gasteiger partial charge in [-0.2, -0.15) is 5.26 Å². The van der Waals surface area contributed by atoms with Crippen LogP contribution in [0.25, 0.3) is 0 Å². The SMILES string of the molecule is N#CCCC(/C=N\OCc1ccccc1)CCCCl. The Morgan fingerprint density at radius 3 is 2.79 bits per heavy atom. The highest BCUT2D eigenvalue weighted by atomic mass is 35.5. The smallest absolute Gasteiger partial charge is 0.142 e. The van der Waals surface area contributed by atoms with Crippen LogP contribution >= 0.6 is 11.6 Å². The number of nitrogens with zero attached hydrogens (tertiary/aromatic N) is 2. The summed E-state index contributed by atoms with van der Waals surface area (Å²) < 4.78 is 0. The molecule has 0 saturated carbocycles. The van der Waals surface area contributed by atoms with Crippen molar-refractivity contribution < 1.29 is 4.84 Å². The number of alkyl halides is 1. The van der Waals surface area contributed by atoms with Gasteiger partial charge in [0.15, 0.2) is 0 Å². The summed E-state index contributed by atoms with van der Waals surface area (Å²) in [6.07, 6.45) is 5.03. The monoisotopic (exact) mass is 278 g/mol. The summed E-state index contributed by atoms with van der Waals surface area (Å²) in [6.45, 7) is 0.470. The molecule has 1 atom stereocenters. The first-order chi connectivity index (χ1) is 9.36. The lowest BCUT2D eigenvalue weighted by molar-refractivity contribution is 0.130. The largest absolute Gasteiger partial charge is 0.391 e. The molecule has 0 N–H and O–H groups in total. The lowest BCUT2D eigenvalue weighted by Crippen LogP contribution is -2.03. The first-order valence-electron chi connectivity index (χ1n) is 6.49. The molecule has 4 heteroatoms. The van der Waals surface area contributed by atoms with Crippen molar-refractivity contribution in [2.24, 2.45) is 11.1 Å². The average molecular weight is 279 g/mol. The molecule has 3 nitrogen and oxygen atoms in total. The molecule has 0 aromatic heterocycles. The van der Waals surface area contributed by atoms with Gasteiger partial charge in [-0.05, 0) is 30.7 Å². The molecule has 1 rings (SSSR count). The van der Waals surface area contributed by atoms with Crippen molar-refractivity contribution in [1.29, 1.82) is 5.26 Å². The van der Waals surface area contributed by atoms with Crippen LogP contribution in [-0.2, 0) is 11.4 Å². The lowest BCUT2D eigenvalue weighted by Gasteiger charge is -2.08. The summed E-state index contributed by atoms with van der Waals surface area (Å²) >= 11 is 5.68. The maximum Gasteiger partial charge on any atom is 0.142 e. The number of oxime groups is 1.